The van der Waals surface area contributed by atoms with E-state index in [1.54, 1.807) is 7.11 Å². The van der Waals surface area contributed by atoms with Gasteiger partial charge < -0.3 is 15.2 Å². The Kier molecular flexibility index (Phi) is 6.17. The lowest BCUT2D eigenvalue weighted by Crippen LogP contribution is -2.09. The Bertz CT molecular complexity index is 939. The van der Waals surface area contributed by atoms with Crippen molar-refractivity contribution in [3.05, 3.63) is 101 Å². The first-order valence-corrected chi connectivity index (χ1v) is 9.42. The number of hydrogen-bond donors (Lipinski definition) is 2. The highest BCUT2D eigenvalue weighted by Crippen LogP contribution is 2.34. The largest absolute Gasteiger partial charge is 0.497 e. The Balaban J connectivity index is 2.06. The van der Waals surface area contributed by atoms with E-state index < -0.39 is 6.10 Å². The first-order valence-electron chi connectivity index (χ1n) is 9.42. The van der Waals surface area contributed by atoms with Gasteiger partial charge in [0.05, 0.1) is 7.11 Å². The van der Waals surface area contributed by atoms with Crippen molar-refractivity contribution in [1.29, 1.82) is 0 Å². The number of nitrogens with one attached hydrogen (secondary N) is 1. The molecule has 0 amide bonds. The van der Waals surface area contributed by atoms with Crippen molar-refractivity contribution in [3.63, 3.8) is 0 Å². The molecule has 0 bridgehead atoms. The summed E-state index contributed by atoms with van der Waals surface area (Å²) in [6, 6.07) is 23.8. The number of rotatable bonds is 6. The van der Waals surface area contributed by atoms with E-state index in [1.807, 2.05) is 61.5 Å². The first kappa shape index (κ1) is 19.7. The number of aliphatic hydroxyl groups is 1. The molecule has 1 atom stereocenters. The highest BCUT2D eigenvalue weighted by Gasteiger charge is 2.19. The molecule has 0 aliphatic heterocycles. The topological polar surface area (TPSA) is 41.5 Å². The monoisotopic (exact) mass is 373 g/mol. The number of hydrogen-bond acceptors (Lipinski definition) is 3. The summed E-state index contributed by atoms with van der Waals surface area (Å²) in [6.07, 6.45) is -0.759. The number of methoxy groups -OCH3 is 1. The number of ether oxygens (including phenoxy) is 1. The second-order valence-corrected chi connectivity index (χ2v) is 6.97. The van der Waals surface area contributed by atoms with E-state index in [-0.39, 0.29) is 0 Å². The van der Waals surface area contributed by atoms with Crippen molar-refractivity contribution >= 4 is 11.3 Å². The summed E-state index contributed by atoms with van der Waals surface area (Å²) in [4.78, 5) is 0. The van der Waals surface area contributed by atoms with Crippen molar-refractivity contribution in [1.82, 2.24) is 0 Å². The molecule has 3 nitrogen and oxygen atoms in total. The third-order valence-corrected chi connectivity index (χ3v) is 4.99. The van der Waals surface area contributed by atoms with Crippen LogP contribution in [0.4, 0.5) is 5.69 Å². The Labute approximate surface area is 167 Å². The average Bonchev–Trinajstić information content (AvgIpc) is 2.72. The molecular weight excluding hydrogens is 346 g/mol. The summed E-state index contributed by atoms with van der Waals surface area (Å²) < 4.78 is 5.24. The Morgan fingerprint density at radius 3 is 2.04 bits per heavy atom. The number of benzene rings is 3. The molecule has 0 aliphatic rings. The maximum absolute atomic E-state index is 11.2. The molecule has 3 aromatic carbocycles. The molecule has 2 N–H and O–H groups in total. The van der Waals surface area contributed by atoms with Crippen LogP contribution < -0.4 is 10.1 Å². The molecule has 144 valence electrons. The molecule has 3 heteroatoms. The maximum Gasteiger partial charge on any atom is 0.118 e. The Morgan fingerprint density at radius 1 is 0.857 bits per heavy atom. The molecular formula is C25H27NO2. The van der Waals surface area contributed by atoms with E-state index in [1.165, 1.54) is 11.1 Å². The fourth-order valence-electron chi connectivity index (χ4n) is 3.42. The molecule has 0 aromatic heterocycles. The van der Waals surface area contributed by atoms with Gasteiger partial charge in [-0.25, -0.2) is 0 Å². The molecule has 28 heavy (non-hydrogen) atoms. The van der Waals surface area contributed by atoms with Gasteiger partial charge in [0.15, 0.2) is 0 Å². The number of para-hydroxylation sites is 1. The van der Waals surface area contributed by atoms with Gasteiger partial charge in [-0.3, -0.25) is 0 Å². The predicted molar refractivity (Wildman–Crippen MR) is 117 cm³/mol. The van der Waals surface area contributed by atoms with Crippen LogP contribution in [0.3, 0.4) is 0 Å². The SMILES string of the molecule is COc1ccc(C(O)/C(=C(/C)Nc2c(C)cccc2C)c2ccccc2)cc1. The van der Waals surface area contributed by atoms with Crippen LogP contribution in [0.5, 0.6) is 5.75 Å². The predicted octanol–water partition coefficient (Wildman–Crippen LogP) is 5.89. The molecule has 3 rings (SSSR count). The van der Waals surface area contributed by atoms with Gasteiger partial charge in [-0.15, -0.1) is 0 Å². The second-order valence-electron chi connectivity index (χ2n) is 6.97. The number of aryl methyl sites for hydroxylation is 2. The van der Waals surface area contributed by atoms with Crippen molar-refractivity contribution in [2.24, 2.45) is 0 Å². The first-order chi connectivity index (χ1) is 13.5. The number of anilines is 1. The van der Waals surface area contributed by atoms with Gasteiger partial charge in [0.2, 0.25) is 0 Å². The summed E-state index contributed by atoms with van der Waals surface area (Å²) in [7, 11) is 1.64. The number of aliphatic hydroxyl groups excluding tert-OH is 1. The molecule has 0 heterocycles. The summed E-state index contributed by atoms with van der Waals surface area (Å²) in [5.41, 5.74) is 7.01. The molecule has 0 spiro atoms. The quantitative estimate of drug-likeness (QED) is 0.566. The third-order valence-electron chi connectivity index (χ3n) is 4.99. The van der Waals surface area contributed by atoms with Gasteiger partial charge in [0.1, 0.15) is 11.9 Å². The number of allylic oxidation sites excluding steroid dienone is 1. The van der Waals surface area contributed by atoms with Gasteiger partial charge in [-0.05, 0) is 55.2 Å². The summed E-state index contributed by atoms with van der Waals surface area (Å²) in [5.74, 6) is 0.770. The van der Waals surface area contributed by atoms with Crippen LogP contribution in [0.15, 0.2) is 78.5 Å². The van der Waals surface area contributed by atoms with E-state index in [4.69, 9.17) is 4.74 Å². The fraction of sp³-hybridized carbons (Fsp3) is 0.200. The Morgan fingerprint density at radius 2 is 1.46 bits per heavy atom. The minimum Gasteiger partial charge on any atom is -0.497 e. The van der Waals surface area contributed by atoms with Gasteiger partial charge in [0.25, 0.3) is 0 Å². The highest BCUT2D eigenvalue weighted by atomic mass is 16.5. The lowest BCUT2D eigenvalue weighted by atomic mass is 9.93. The molecule has 0 saturated carbocycles. The summed E-state index contributed by atoms with van der Waals surface area (Å²) in [5, 5.41) is 14.8. The van der Waals surface area contributed by atoms with E-state index >= 15 is 0 Å². The van der Waals surface area contributed by atoms with Crippen molar-refractivity contribution in [2.45, 2.75) is 26.9 Å². The molecule has 1 unspecified atom stereocenters. The molecule has 0 radical (unpaired) electrons. The van der Waals surface area contributed by atoms with Gasteiger partial charge in [-0.1, -0.05) is 60.7 Å². The van der Waals surface area contributed by atoms with Crippen LogP contribution in [0.1, 0.15) is 35.3 Å². The zero-order valence-electron chi connectivity index (χ0n) is 16.9. The molecule has 3 aromatic rings. The minimum atomic E-state index is -0.759. The lowest BCUT2D eigenvalue weighted by molar-refractivity contribution is 0.237. The second kappa shape index (κ2) is 8.77. The van der Waals surface area contributed by atoms with Gasteiger partial charge >= 0.3 is 0 Å². The Hall–Kier alpha value is -3.04. The van der Waals surface area contributed by atoms with E-state index in [2.05, 4.69) is 37.4 Å². The average molecular weight is 373 g/mol. The van der Waals surface area contributed by atoms with Crippen LogP contribution in [0.2, 0.25) is 0 Å². The van der Waals surface area contributed by atoms with Gasteiger partial charge in [0, 0.05) is 17.0 Å². The standard InChI is InChI=1S/C25H27NO2/c1-17-9-8-10-18(2)24(17)26-19(3)23(20-11-6-5-7-12-20)25(27)21-13-15-22(28-4)16-14-21/h5-16,25-27H,1-4H3/b23-19-. The molecule has 0 aliphatic carbocycles. The van der Waals surface area contributed by atoms with E-state index in [9.17, 15) is 5.11 Å². The molecule has 0 fully saturated rings. The maximum atomic E-state index is 11.2. The molecule has 0 saturated heterocycles. The normalized spacial score (nSPS) is 12.9. The van der Waals surface area contributed by atoms with Crippen molar-refractivity contribution in [3.8, 4) is 5.75 Å². The van der Waals surface area contributed by atoms with Crippen LogP contribution in [-0.2, 0) is 0 Å². The zero-order valence-corrected chi connectivity index (χ0v) is 16.9. The summed E-state index contributed by atoms with van der Waals surface area (Å²) >= 11 is 0. The fourth-order valence-corrected chi connectivity index (χ4v) is 3.42. The summed E-state index contributed by atoms with van der Waals surface area (Å²) in [6.45, 7) is 6.19. The zero-order chi connectivity index (χ0) is 20.1. The van der Waals surface area contributed by atoms with E-state index in [0.29, 0.717) is 0 Å². The van der Waals surface area contributed by atoms with Crippen LogP contribution in [-0.4, -0.2) is 12.2 Å². The van der Waals surface area contributed by atoms with Crippen molar-refractivity contribution < 1.29 is 9.84 Å². The third kappa shape index (κ3) is 4.26. The van der Waals surface area contributed by atoms with Crippen LogP contribution >= 0.6 is 0 Å². The van der Waals surface area contributed by atoms with Crippen molar-refractivity contribution in [2.75, 3.05) is 12.4 Å². The van der Waals surface area contributed by atoms with E-state index in [0.717, 1.165) is 33.8 Å². The van der Waals surface area contributed by atoms with Gasteiger partial charge in [-0.2, -0.15) is 0 Å². The smallest absolute Gasteiger partial charge is 0.118 e. The van der Waals surface area contributed by atoms with Crippen LogP contribution in [0, 0.1) is 13.8 Å². The van der Waals surface area contributed by atoms with Crippen LogP contribution in [0.25, 0.3) is 5.57 Å². The lowest BCUT2D eigenvalue weighted by Gasteiger charge is -2.22. The minimum absolute atomic E-state index is 0.759. The highest BCUT2D eigenvalue weighted by molar-refractivity contribution is 5.76.